The molecule has 3 rings (SSSR count). The highest BCUT2D eigenvalue weighted by Gasteiger charge is 2.26. The summed E-state index contributed by atoms with van der Waals surface area (Å²) in [6.07, 6.45) is 9.48. The smallest absolute Gasteiger partial charge is 0.227 e. The second kappa shape index (κ2) is 6.80. The third kappa shape index (κ3) is 3.47. The predicted octanol–water partition coefficient (Wildman–Crippen LogP) is 2.84. The molecule has 0 aliphatic heterocycles. The van der Waals surface area contributed by atoms with Crippen LogP contribution in [0.25, 0.3) is 11.4 Å². The van der Waals surface area contributed by atoms with Gasteiger partial charge in [0.2, 0.25) is 11.7 Å². The summed E-state index contributed by atoms with van der Waals surface area (Å²) in [5.74, 6) is 2.00. The van der Waals surface area contributed by atoms with Gasteiger partial charge in [-0.3, -0.25) is 4.98 Å². The second-order valence-electron chi connectivity index (χ2n) is 5.66. The van der Waals surface area contributed by atoms with E-state index in [1.807, 2.05) is 12.1 Å². The van der Waals surface area contributed by atoms with E-state index in [2.05, 4.69) is 27.4 Å². The maximum atomic E-state index is 5.44. The molecule has 112 valence electrons. The van der Waals surface area contributed by atoms with E-state index in [1.54, 1.807) is 12.4 Å². The number of pyridine rings is 1. The zero-order valence-electron chi connectivity index (χ0n) is 12.5. The highest BCUT2D eigenvalue weighted by Crippen LogP contribution is 2.27. The van der Waals surface area contributed by atoms with E-state index in [0.717, 1.165) is 24.4 Å². The van der Waals surface area contributed by atoms with Gasteiger partial charge in [-0.25, -0.2) is 0 Å². The molecule has 0 radical (unpaired) electrons. The molecule has 21 heavy (non-hydrogen) atoms. The largest absolute Gasteiger partial charge is 0.339 e. The highest BCUT2D eigenvalue weighted by molar-refractivity contribution is 5.52. The van der Waals surface area contributed by atoms with E-state index < -0.39 is 0 Å². The number of rotatable bonds is 5. The Morgan fingerprint density at radius 1 is 1.24 bits per heavy atom. The minimum absolute atomic E-state index is 0.583. The van der Waals surface area contributed by atoms with Gasteiger partial charge in [0.15, 0.2) is 0 Å². The molecule has 2 aromatic heterocycles. The van der Waals surface area contributed by atoms with Gasteiger partial charge in [0.05, 0.1) is 0 Å². The van der Waals surface area contributed by atoms with Crippen LogP contribution in [-0.4, -0.2) is 27.7 Å². The molecular weight excluding hydrogens is 264 g/mol. The van der Waals surface area contributed by atoms with E-state index in [4.69, 9.17) is 4.52 Å². The maximum Gasteiger partial charge on any atom is 0.227 e. The number of nitrogens with one attached hydrogen (secondary N) is 1. The molecule has 1 saturated carbocycles. The van der Waals surface area contributed by atoms with E-state index in [0.29, 0.717) is 17.8 Å². The number of hydrogen-bond acceptors (Lipinski definition) is 5. The van der Waals surface area contributed by atoms with Crippen molar-refractivity contribution in [3.63, 3.8) is 0 Å². The van der Waals surface area contributed by atoms with Crippen molar-refractivity contribution < 1.29 is 4.52 Å². The second-order valence-corrected chi connectivity index (χ2v) is 5.66. The van der Waals surface area contributed by atoms with Crippen LogP contribution in [0.5, 0.6) is 0 Å². The first-order chi connectivity index (χ1) is 10.4. The molecule has 5 heteroatoms. The molecule has 1 aliphatic carbocycles. The minimum Gasteiger partial charge on any atom is -0.339 e. The van der Waals surface area contributed by atoms with Gasteiger partial charge in [0.1, 0.15) is 0 Å². The molecular formula is C16H22N4O. The summed E-state index contributed by atoms with van der Waals surface area (Å²) in [6.45, 7) is 3.19. The van der Waals surface area contributed by atoms with E-state index in [1.165, 1.54) is 25.7 Å². The van der Waals surface area contributed by atoms with Crippen molar-refractivity contribution in [2.24, 2.45) is 5.92 Å². The Morgan fingerprint density at radius 2 is 2.05 bits per heavy atom. The van der Waals surface area contributed by atoms with E-state index in [-0.39, 0.29) is 0 Å². The lowest BCUT2D eigenvalue weighted by Crippen LogP contribution is -2.39. The molecule has 0 aromatic carbocycles. The lowest BCUT2D eigenvalue weighted by atomic mass is 9.82. The lowest BCUT2D eigenvalue weighted by molar-refractivity contribution is 0.242. The Bertz CT molecular complexity index is 552. The van der Waals surface area contributed by atoms with Crippen LogP contribution in [0.2, 0.25) is 0 Å². The first kappa shape index (κ1) is 14.2. The van der Waals surface area contributed by atoms with Crippen molar-refractivity contribution in [3.8, 4) is 11.4 Å². The SMILES string of the molecule is CCNC1CCCCC1Cc1nc(-c2ccncc2)no1. The lowest BCUT2D eigenvalue weighted by Gasteiger charge is -2.31. The maximum absolute atomic E-state index is 5.44. The number of nitrogens with zero attached hydrogens (tertiary/aromatic N) is 3. The van der Waals surface area contributed by atoms with Crippen molar-refractivity contribution in [2.45, 2.75) is 45.1 Å². The Balaban J connectivity index is 1.69. The molecule has 2 aromatic rings. The van der Waals surface area contributed by atoms with Crippen LogP contribution >= 0.6 is 0 Å². The summed E-state index contributed by atoms with van der Waals surface area (Å²) in [5.41, 5.74) is 0.951. The van der Waals surface area contributed by atoms with Gasteiger partial charge in [0, 0.05) is 30.4 Å². The summed E-state index contributed by atoms with van der Waals surface area (Å²) < 4.78 is 5.44. The molecule has 2 unspecified atom stereocenters. The summed E-state index contributed by atoms with van der Waals surface area (Å²) >= 11 is 0. The molecule has 2 heterocycles. The molecule has 2 atom stereocenters. The standard InChI is InChI=1S/C16H22N4O/c1-2-18-14-6-4-3-5-13(14)11-15-19-16(20-21-15)12-7-9-17-10-8-12/h7-10,13-14,18H,2-6,11H2,1H3. The summed E-state index contributed by atoms with van der Waals surface area (Å²) in [4.78, 5) is 8.54. The van der Waals surface area contributed by atoms with Gasteiger partial charge in [0.25, 0.3) is 0 Å². The fraction of sp³-hybridized carbons (Fsp3) is 0.562. The van der Waals surface area contributed by atoms with Crippen LogP contribution in [0, 0.1) is 5.92 Å². The third-order valence-corrected chi connectivity index (χ3v) is 4.22. The van der Waals surface area contributed by atoms with Gasteiger partial charge >= 0.3 is 0 Å². The van der Waals surface area contributed by atoms with Crippen molar-refractivity contribution in [3.05, 3.63) is 30.4 Å². The Labute approximate surface area is 125 Å². The minimum atomic E-state index is 0.583. The fourth-order valence-electron chi connectivity index (χ4n) is 3.16. The van der Waals surface area contributed by atoms with Gasteiger partial charge in [-0.1, -0.05) is 24.9 Å². The zero-order chi connectivity index (χ0) is 14.5. The Morgan fingerprint density at radius 3 is 2.86 bits per heavy atom. The first-order valence-electron chi connectivity index (χ1n) is 7.83. The van der Waals surface area contributed by atoms with E-state index in [9.17, 15) is 0 Å². The summed E-state index contributed by atoms with van der Waals surface area (Å²) in [5, 5.41) is 7.68. The highest BCUT2D eigenvalue weighted by atomic mass is 16.5. The molecule has 1 N–H and O–H groups in total. The average Bonchev–Trinajstić information content (AvgIpc) is 2.99. The monoisotopic (exact) mass is 286 g/mol. The van der Waals surface area contributed by atoms with Crippen LogP contribution in [-0.2, 0) is 6.42 Å². The van der Waals surface area contributed by atoms with Crippen LogP contribution in [0.3, 0.4) is 0 Å². The topological polar surface area (TPSA) is 63.8 Å². The van der Waals surface area contributed by atoms with Crippen LogP contribution in [0.1, 0.15) is 38.5 Å². The predicted molar refractivity (Wildman–Crippen MR) is 80.7 cm³/mol. The van der Waals surface area contributed by atoms with Crippen LogP contribution in [0.15, 0.2) is 29.0 Å². The Hall–Kier alpha value is -1.75. The van der Waals surface area contributed by atoms with Crippen LogP contribution in [0.4, 0.5) is 0 Å². The normalized spacial score (nSPS) is 22.3. The molecule has 0 saturated heterocycles. The zero-order valence-corrected chi connectivity index (χ0v) is 12.5. The fourth-order valence-corrected chi connectivity index (χ4v) is 3.16. The van der Waals surface area contributed by atoms with Gasteiger partial charge in [-0.2, -0.15) is 4.98 Å². The molecule has 0 bridgehead atoms. The Kier molecular flexibility index (Phi) is 4.60. The quantitative estimate of drug-likeness (QED) is 0.915. The average molecular weight is 286 g/mol. The van der Waals surface area contributed by atoms with Gasteiger partial charge in [-0.05, 0) is 37.4 Å². The van der Waals surface area contributed by atoms with Crippen molar-refractivity contribution in [1.82, 2.24) is 20.4 Å². The van der Waals surface area contributed by atoms with Crippen molar-refractivity contribution in [2.75, 3.05) is 6.54 Å². The molecule has 0 spiro atoms. The third-order valence-electron chi connectivity index (χ3n) is 4.22. The van der Waals surface area contributed by atoms with Crippen molar-refractivity contribution >= 4 is 0 Å². The molecule has 0 amide bonds. The van der Waals surface area contributed by atoms with Crippen LogP contribution < -0.4 is 5.32 Å². The molecule has 5 nitrogen and oxygen atoms in total. The first-order valence-corrected chi connectivity index (χ1v) is 7.83. The molecule has 1 aliphatic rings. The summed E-state index contributed by atoms with van der Waals surface area (Å²) in [7, 11) is 0. The summed E-state index contributed by atoms with van der Waals surface area (Å²) in [6, 6.07) is 4.38. The van der Waals surface area contributed by atoms with E-state index >= 15 is 0 Å². The van der Waals surface area contributed by atoms with Gasteiger partial charge in [-0.15, -0.1) is 0 Å². The van der Waals surface area contributed by atoms with Crippen molar-refractivity contribution in [1.29, 1.82) is 0 Å². The number of aromatic nitrogens is 3. The number of hydrogen-bond donors (Lipinski definition) is 1. The molecule has 1 fully saturated rings. The van der Waals surface area contributed by atoms with Gasteiger partial charge < -0.3 is 9.84 Å².